The molecule has 3 heteroatoms. The van der Waals surface area contributed by atoms with Crippen LogP contribution in [0.2, 0.25) is 0 Å². The van der Waals surface area contributed by atoms with E-state index in [9.17, 15) is 0 Å². The second-order valence-electron chi connectivity index (χ2n) is 6.03. The SMILES string of the molecule is COc1ccc(C2=[N+](c3ccccc3)COC(c3ccccc3)=C2)cc1. The predicted molar refractivity (Wildman–Crippen MR) is 104 cm³/mol. The molecule has 0 aromatic heterocycles. The highest BCUT2D eigenvalue weighted by Crippen LogP contribution is 2.25. The molecule has 0 unspecified atom stereocenters. The summed E-state index contributed by atoms with van der Waals surface area (Å²) in [6, 6.07) is 28.6. The molecule has 0 saturated heterocycles. The van der Waals surface area contributed by atoms with Crippen molar-refractivity contribution in [2.75, 3.05) is 13.8 Å². The lowest BCUT2D eigenvalue weighted by Gasteiger charge is -2.17. The number of methoxy groups -OCH3 is 1. The summed E-state index contributed by atoms with van der Waals surface area (Å²) in [5, 5.41) is 0. The van der Waals surface area contributed by atoms with Gasteiger partial charge in [-0.2, -0.15) is 4.58 Å². The third-order valence-electron chi connectivity index (χ3n) is 4.42. The fourth-order valence-corrected chi connectivity index (χ4v) is 3.04. The first-order valence-electron chi connectivity index (χ1n) is 8.59. The molecule has 0 radical (unpaired) electrons. The number of nitrogens with zero attached hydrogens (tertiary/aromatic N) is 1. The summed E-state index contributed by atoms with van der Waals surface area (Å²) in [4.78, 5) is 0. The van der Waals surface area contributed by atoms with Crippen LogP contribution in [0.5, 0.6) is 5.75 Å². The smallest absolute Gasteiger partial charge is 0.293 e. The lowest BCUT2D eigenvalue weighted by molar-refractivity contribution is -0.483. The van der Waals surface area contributed by atoms with Gasteiger partial charge in [0.25, 0.3) is 6.73 Å². The molecule has 128 valence electrons. The van der Waals surface area contributed by atoms with Crippen molar-refractivity contribution >= 4 is 17.2 Å². The third-order valence-corrected chi connectivity index (χ3v) is 4.42. The maximum atomic E-state index is 6.07. The molecule has 0 bridgehead atoms. The van der Waals surface area contributed by atoms with E-state index in [0.717, 1.165) is 34.0 Å². The predicted octanol–water partition coefficient (Wildman–Crippen LogP) is 4.86. The maximum Gasteiger partial charge on any atom is 0.293 e. The number of rotatable bonds is 4. The van der Waals surface area contributed by atoms with Crippen LogP contribution < -0.4 is 4.74 Å². The number of benzene rings is 3. The molecule has 26 heavy (non-hydrogen) atoms. The minimum absolute atomic E-state index is 0.464. The Labute approximate surface area is 153 Å². The first-order chi connectivity index (χ1) is 12.8. The quantitative estimate of drug-likeness (QED) is 0.632. The fraction of sp³-hybridized carbons (Fsp3) is 0.0870. The van der Waals surface area contributed by atoms with Gasteiger partial charge in [-0.3, -0.25) is 0 Å². The van der Waals surface area contributed by atoms with E-state index in [1.54, 1.807) is 7.11 Å². The molecule has 3 aromatic rings. The molecule has 3 nitrogen and oxygen atoms in total. The van der Waals surface area contributed by atoms with E-state index in [0.29, 0.717) is 6.73 Å². The van der Waals surface area contributed by atoms with Gasteiger partial charge in [-0.05, 0) is 24.3 Å². The van der Waals surface area contributed by atoms with Gasteiger partial charge in [-0.25, -0.2) is 0 Å². The van der Waals surface area contributed by atoms with Gasteiger partial charge in [-0.1, -0.05) is 48.5 Å². The van der Waals surface area contributed by atoms with Gasteiger partial charge in [-0.15, -0.1) is 0 Å². The zero-order chi connectivity index (χ0) is 17.8. The Hall–Kier alpha value is -3.33. The van der Waals surface area contributed by atoms with Gasteiger partial charge in [0.2, 0.25) is 11.4 Å². The van der Waals surface area contributed by atoms with Crippen molar-refractivity contribution in [1.29, 1.82) is 0 Å². The summed E-state index contributed by atoms with van der Waals surface area (Å²) < 4.78 is 13.5. The molecule has 3 aromatic carbocycles. The van der Waals surface area contributed by atoms with E-state index in [1.807, 2.05) is 48.5 Å². The highest BCUT2D eigenvalue weighted by atomic mass is 16.5. The first kappa shape index (κ1) is 16.2. The van der Waals surface area contributed by atoms with Crippen LogP contribution in [0.25, 0.3) is 5.76 Å². The van der Waals surface area contributed by atoms with E-state index in [1.165, 1.54) is 0 Å². The minimum atomic E-state index is 0.464. The first-order valence-corrected chi connectivity index (χ1v) is 8.59. The zero-order valence-electron chi connectivity index (χ0n) is 14.6. The third kappa shape index (κ3) is 3.24. The molecule has 0 saturated carbocycles. The van der Waals surface area contributed by atoms with Crippen LogP contribution in [-0.4, -0.2) is 24.1 Å². The molecule has 4 rings (SSSR count). The minimum Gasteiger partial charge on any atom is -0.497 e. The van der Waals surface area contributed by atoms with Crippen molar-refractivity contribution in [1.82, 2.24) is 0 Å². The summed E-state index contributed by atoms with van der Waals surface area (Å²) in [7, 11) is 1.68. The molecular formula is C23H20NO2+. The van der Waals surface area contributed by atoms with Crippen molar-refractivity contribution in [2.24, 2.45) is 0 Å². The zero-order valence-corrected chi connectivity index (χ0v) is 14.6. The monoisotopic (exact) mass is 342 g/mol. The standard InChI is InChI=1S/C23H20NO2/c1-25-21-14-12-18(13-15-21)22-16-23(19-8-4-2-5-9-19)26-17-24(22)20-10-6-3-7-11-20/h2-16H,17H2,1H3/q+1. The van der Waals surface area contributed by atoms with Gasteiger partial charge in [0.15, 0.2) is 0 Å². The largest absolute Gasteiger partial charge is 0.497 e. The van der Waals surface area contributed by atoms with E-state index in [4.69, 9.17) is 9.47 Å². The van der Waals surface area contributed by atoms with Crippen molar-refractivity contribution in [3.05, 3.63) is 102 Å². The summed E-state index contributed by atoms with van der Waals surface area (Å²) in [6.45, 7) is 0.464. The van der Waals surface area contributed by atoms with Crippen LogP contribution in [0.3, 0.4) is 0 Å². The van der Waals surface area contributed by atoms with Crippen molar-refractivity contribution < 1.29 is 14.0 Å². The van der Waals surface area contributed by atoms with Gasteiger partial charge in [0.1, 0.15) is 11.5 Å². The second-order valence-corrected chi connectivity index (χ2v) is 6.03. The second kappa shape index (κ2) is 7.28. The van der Waals surface area contributed by atoms with E-state index < -0.39 is 0 Å². The Kier molecular flexibility index (Phi) is 4.52. The van der Waals surface area contributed by atoms with Crippen LogP contribution in [0.1, 0.15) is 11.1 Å². The van der Waals surface area contributed by atoms with Crippen LogP contribution in [0.4, 0.5) is 5.69 Å². The maximum absolute atomic E-state index is 6.07. The average molecular weight is 342 g/mol. The van der Waals surface area contributed by atoms with Gasteiger partial charge in [0.05, 0.1) is 13.2 Å². The fourth-order valence-electron chi connectivity index (χ4n) is 3.04. The van der Waals surface area contributed by atoms with Gasteiger partial charge < -0.3 is 9.47 Å². The lowest BCUT2D eigenvalue weighted by atomic mass is 10.0. The molecular weight excluding hydrogens is 322 g/mol. The van der Waals surface area contributed by atoms with E-state index in [2.05, 4.69) is 47.0 Å². The number of hydrogen-bond donors (Lipinski definition) is 0. The number of allylic oxidation sites excluding steroid dienone is 1. The van der Waals surface area contributed by atoms with Gasteiger partial charge >= 0.3 is 0 Å². The van der Waals surface area contributed by atoms with Gasteiger partial charge in [0, 0.05) is 23.3 Å². The molecule has 1 aliphatic heterocycles. The normalized spacial score (nSPS) is 13.8. The molecule has 0 N–H and O–H groups in total. The summed E-state index contributed by atoms with van der Waals surface area (Å²) in [5.41, 5.74) is 4.39. The summed E-state index contributed by atoms with van der Waals surface area (Å²) >= 11 is 0. The highest BCUT2D eigenvalue weighted by Gasteiger charge is 2.25. The van der Waals surface area contributed by atoms with E-state index >= 15 is 0 Å². The van der Waals surface area contributed by atoms with Crippen LogP contribution >= 0.6 is 0 Å². The van der Waals surface area contributed by atoms with Crippen molar-refractivity contribution in [2.45, 2.75) is 0 Å². The lowest BCUT2D eigenvalue weighted by Crippen LogP contribution is -2.24. The van der Waals surface area contributed by atoms with Crippen molar-refractivity contribution in [3.8, 4) is 5.75 Å². The van der Waals surface area contributed by atoms with Crippen molar-refractivity contribution in [3.63, 3.8) is 0 Å². The molecule has 1 aliphatic rings. The number of para-hydroxylation sites is 1. The average Bonchev–Trinajstić information content (AvgIpc) is 2.75. The molecule has 0 spiro atoms. The van der Waals surface area contributed by atoms with Crippen LogP contribution in [0.15, 0.2) is 91.0 Å². The topological polar surface area (TPSA) is 21.5 Å². The summed E-state index contributed by atoms with van der Waals surface area (Å²) in [5.74, 6) is 1.73. The number of ether oxygens (including phenoxy) is 2. The Morgan fingerprint density at radius 2 is 1.42 bits per heavy atom. The summed E-state index contributed by atoms with van der Waals surface area (Å²) in [6.07, 6.45) is 2.10. The Morgan fingerprint density at radius 1 is 0.769 bits per heavy atom. The highest BCUT2D eigenvalue weighted by molar-refractivity contribution is 6.09. The van der Waals surface area contributed by atoms with E-state index in [-0.39, 0.29) is 0 Å². The molecule has 0 aliphatic carbocycles. The Morgan fingerprint density at radius 3 is 2.08 bits per heavy atom. The Bertz CT molecular complexity index is 943. The molecule has 0 amide bonds. The molecule has 1 heterocycles. The molecule has 0 fully saturated rings. The number of hydrogen-bond acceptors (Lipinski definition) is 2. The van der Waals surface area contributed by atoms with Crippen LogP contribution in [-0.2, 0) is 4.74 Å². The Balaban J connectivity index is 1.85. The van der Waals surface area contributed by atoms with Crippen LogP contribution in [0, 0.1) is 0 Å². The molecule has 0 atom stereocenters.